The highest BCUT2D eigenvalue weighted by Crippen LogP contribution is 2.24. The molecule has 3 heterocycles. The minimum absolute atomic E-state index is 0.0984. The summed E-state index contributed by atoms with van der Waals surface area (Å²) in [6.07, 6.45) is 5.45. The summed E-state index contributed by atoms with van der Waals surface area (Å²) < 4.78 is 14.8. The molecule has 7 nitrogen and oxygen atoms in total. The third-order valence-corrected chi connectivity index (χ3v) is 5.73. The number of amides is 2. The number of aliphatic hydroxyl groups excluding tert-OH is 1. The van der Waals surface area contributed by atoms with Crippen LogP contribution in [0.4, 0.5) is 4.39 Å². The summed E-state index contributed by atoms with van der Waals surface area (Å²) >= 11 is 0. The number of halogens is 1. The zero-order valence-electron chi connectivity index (χ0n) is 17.3. The van der Waals surface area contributed by atoms with Crippen LogP contribution in [0.3, 0.4) is 0 Å². The molecule has 0 unspecified atom stereocenters. The van der Waals surface area contributed by atoms with Gasteiger partial charge in [0.15, 0.2) is 0 Å². The maximum absolute atomic E-state index is 13.4. The van der Waals surface area contributed by atoms with Crippen molar-refractivity contribution in [3.05, 3.63) is 75.5 Å². The third-order valence-electron chi connectivity index (χ3n) is 5.73. The van der Waals surface area contributed by atoms with Gasteiger partial charge in [0.25, 0.3) is 17.4 Å². The van der Waals surface area contributed by atoms with Gasteiger partial charge in [-0.05, 0) is 55.2 Å². The fourth-order valence-electron chi connectivity index (χ4n) is 4.11. The number of aromatic nitrogens is 1. The van der Waals surface area contributed by atoms with E-state index in [1.54, 1.807) is 11.1 Å². The average Bonchev–Trinajstić information content (AvgIpc) is 2.78. The van der Waals surface area contributed by atoms with Crippen molar-refractivity contribution in [2.45, 2.75) is 32.4 Å². The number of hydrogen-bond donors (Lipinski definition) is 1. The smallest absolute Gasteiger partial charge is 0.268 e. The molecule has 2 aliphatic rings. The summed E-state index contributed by atoms with van der Waals surface area (Å²) in [5, 5.41) is 9.69. The Hall–Kier alpha value is -3.26. The minimum atomic E-state index is -1.13. The molecule has 0 bridgehead atoms. The second kappa shape index (κ2) is 8.47. The Balaban J connectivity index is 1.84. The third kappa shape index (κ3) is 4.03. The monoisotopic (exact) mass is 425 g/mol. The molecule has 2 amide bonds. The zero-order chi connectivity index (χ0) is 22.1. The molecule has 0 saturated carbocycles. The first kappa shape index (κ1) is 21.0. The van der Waals surface area contributed by atoms with Gasteiger partial charge < -0.3 is 14.9 Å². The molecule has 0 spiro atoms. The number of aliphatic hydroxyl groups is 1. The molecule has 0 radical (unpaired) electrons. The molecule has 1 aromatic heterocycles. The summed E-state index contributed by atoms with van der Waals surface area (Å²) in [7, 11) is 0. The number of fused-ring (bicyclic) bond motifs is 1. The second-order valence-corrected chi connectivity index (χ2v) is 7.86. The number of carbonyl (C=O) groups excluding carboxylic acids is 2. The van der Waals surface area contributed by atoms with Crippen LogP contribution in [-0.4, -0.2) is 57.0 Å². The molecule has 0 aliphatic carbocycles. The quantitative estimate of drug-likeness (QED) is 0.758. The van der Waals surface area contributed by atoms with E-state index in [9.17, 15) is 23.9 Å². The molecule has 162 valence electrons. The van der Waals surface area contributed by atoms with Crippen molar-refractivity contribution >= 4 is 11.8 Å². The van der Waals surface area contributed by atoms with Gasteiger partial charge >= 0.3 is 0 Å². The van der Waals surface area contributed by atoms with Crippen molar-refractivity contribution in [3.8, 4) is 5.69 Å². The minimum Gasteiger partial charge on any atom is -0.384 e. The van der Waals surface area contributed by atoms with E-state index in [1.165, 1.54) is 40.7 Å². The van der Waals surface area contributed by atoms with Crippen LogP contribution in [0.15, 0.2) is 47.4 Å². The average molecular weight is 425 g/mol. The number of rotatable bonds is 3. The Labute approximate surface area is 179 Å². The van der Waals surface area contributed by atoms with Crippen molar-refractivity contribution in [2.75, 3.05) is 19.6 Å². The van der Waals surface area contributed by atoms with E-state index in [1.807, 2.05) is 12.2 Å². The van der Waals surface area contributed by atoms with Crippen LogP contribution >= 0.6 is 0 Å². The fraction of sp³-hybridized carbons (Fsp3) is 0.348. The Kier molecular flexibility index (Phi) is 5.73. The molecule has 2 aromatic rings. The van der Waals surface area contributed by atoms with Gasteiger partial charge in [0.05, 0.1) is 0 Å². The van der Waals surface area contributed by atoms with Crippen molar-refractivity contribution < 1.29 is 19.1 Å². The highest BCUT2D eigenvalue weighted by atomic mass is 19.1. The van der Waals surface area contributed by atoms with Gasteiger partial charge in [-0.1, -0.05) is 12.2 Å². The standard InChI is InChI=1S/C23H24FN3O4/c1-15(28)21(29)26-12-9-19-16(13-26)14-27(18-7-5-17(24)6-8-18)23(31)20(19)22(30)25-10-3-2-4-11-25/h2-3,5-8,14-15,28H,4,9-13H2,1H3/t15-/m1/s1. The van der Waals surface area contributed by atoms with E-state index in [0.29, 0.717) is 42.9 Å². The highest BCUT2D eigenvalue weighted by molar-refractivity contribution is 5.96. The summed E-state index contributed by atoms with van der Waals surface area (Å²) in [5.41, 5.74) is 1.37. The van der Waals surface area contributed by atoms with E-state index in [-0.39, 0.29) is 18.0 Å². The molecule has 1 N–H and O–H groups in total. The Morgan fingerprint density at radius 3 is 2.48 bits per heavy atom. The molecular formula is C23H24FN3O4. The van der Waals surface area contributed by atoms with Crippen LogP contribution in [0.5, 0.6) is 0 Å². The van der Waals surface area contributed by atoms with Crippen molar-refractivity contribution in [1.29, 1.82) is 0 Å². The predicted molar refractivity (Wildman–Crippen MR) is 112 cm³/mol. The van der Waals surface area contributed by atoms with Gasteiger partial charge in [0, 0.05) is 38.1 Å². The number of nitrogens with zero attached hydrogens (tertiary/aromatic N) is 3. The van der Waals surface area contributed by atoms with Crippen LogP contribution in [0.2, 0.25) is 0 Å². The summed E-state index contributed by atoms with van der Waals surface area (Å²) in [6.45, 7) is 2.88. The van der Waals surface area contributed by atoms with Crippen LogP contribution in [0, 0.1) is 5.82 Å². The largest absolute Gasteiger partial charge is 0.384 e. The Morgan fingerprint density at radius 2 is 1.84 bits per heavy atom. The molecule has 2 aliphatic heterocycles. The molecule has 1 atom stereocenters. The Bertz CT molecular complexity index is 1110. The fourth-order valence-corrected chi connectivity index (χ4v) is 4.11. The molecular weight excluding hydrogens is 401 g/mol. The van der Waals surface area contributed by atoms with Gasteiger partial charge in [-0.15, -0.1) is 0 Å². The van der Waals surface area contributed by atoms with Crippen molar-refractivity contribution in [1.82, 2.24) is 14.4 Å². The lowest BCUT2D eigenvalue weighted by atomic mass is 9.95. The van der Waals surface area contributed by atoms with Gasteiger partial charge in [0.1, 0.15) is 17.5 Å². The van der Waals surface area contributed by atoms with E-state index >= 15 is 0 Å². The van der Waals surface area contributed by atoms with Crippen molar-refractivity contribution in [3.63, 3.8) is 0 Å². The van der Waals surface area contributed by atoms with Crippen LogP contribution in [0.1, 0.15) is 34.8 Å². The number of carbonyl (C=O) groups is 2. The lowest BCUT2D eigenvalue weighted by molar-refractivity contribution is -0.140. The first-order chi connectivity index (χ1) is 14.9. The molecule has 31 heavy (non-hydrogen) atoms. The van der Waals surface area contributed by atoms with Crippen LogP contribution in [-0.2, 0) is 17.8 Å². The number of pyridine rings is 1. The highest BCUT2D eigenvalue weighted by Gasteiger charge is 2.31. The lowest BCUT2D eigenvalue weighted by Gasteiger charge is -2.32. The van der Waals surface area contributed by atoms with E-state index in [4.69, 9.17) is 0 Å². The topological polar surface area (TPSA) is 82.8 Å². The first-order valence-electron chi connectivity index (χ1n) is 10.3. The maximum Gasteiger partial charge on any atom is 0.268 e. The lowest BCUT2D eigenvalue weighted by Crippen LogP contribution is -2.44. The molecule has 4 rings (SSSR count). The van der Waals surface area contributed by atoms with E-state index < -0.39 is 23.4 Å². The molecule has 0 fully saturated rings. The number of benzene rings is 1. The summed E-state index contributed by atoms with van der Waals surface area (Å²) in [4.78, 5) is 42.2. The molecule has 8 heteroatoms. The SMILES string of the molecule is C[C@@H](O)C(=O)N1CCc2c(cn(-c3ccc(F)cc3)c(=O)c2C(=O)N2CC=CCC2)C1. The second-order valence-electron chi connectivity index (χ2n) is 7.86. The first-order valence-corrected chi connectivity index (χ1v) is 10.3. The van der Waals surface area contributed by atoms with Gasteiger partial charge in [0.2, 0.25) is 0 Å². The van der Waals surface area contributed by atoms with Gasteiger partial charge in [-0.2, -0.15) is 0 Å². The molecule has 0 saturated heterocycles. The maximum atomic E-state index is 13.4. The number of hydrogen-bond acceptors (Lipinski definition) is 4. The normalized spacial score (nSPS) is 16.7. The van der Waals surface area contributed by atoms with E-state index in [2.05, 4.69) is 0 Å². The zero-order valence-corrected chi connectivity index (χ0v) is 17.3. The summed E-state index contributed by atoms with van der Waals surface area (Å²) in [5.74, 6) is -1.17. The Morgan fingerprint density at radius 1 is 1.10 bits per heavy atom. The summed E-state index contributed by atoms with van der Waals surface area (Å²) in [6, 6.07) is 5.45. The van der Waals surface area contributed by atoms with Gasteiger partial charge in [-0.25, -0.2) is 4.39 Å². The van der Waals surface area contributed by atoms with Crippen LogP contribution < -0.4 is 5.56 Å². The molecule has 1 aromatic carbocycles. The predicted octanol–water partition coefficient (Wildman–Crippen LogP) is 1.64. The van der Waals surface area contributed by atoms with Gasteiger partial charge in [-0.3, -0.25) is 19.0 Å². The van der Waals surface area contributed by atoms with E-state index in [0.717, 1.165) is 6.42 Å². The van der Waals surface area contributed by atoms with Crippen molar-refractivity contribution in [2.24, 2.45) is 0 Å². The van der Waals surface area contributed by atoms with Crippen LogP contribution in [0.25, 0.3) is 5.69 Å².